The molecule has 0 radical (unpaired) electrons. The van der Waals surface area contributed by atoms with Crippen molar-refractivity contribution in [3.8, 4) is 11.1 Å². The summed E-state index contributed by atoms with van der Waals surface area (Å²) in [6, 6.07) is 37.7. The first-order valence-electron chi connectivity index (χ1n) is 25.8. The smallest absolute Gasteiger partial charge is 0.252 e. The maximum absolute atomic E-state index is 2.76. The Morgan fingerprint density at radius 2 is 0.836 bits per heavy atom. The van der Waals surface area contributed by atoms with Crippen LogP contribution in [0.4, 0.5) is 34.1 Å². The zero-order chi connectivity index (χ0) is 47.5. The fourth-order valence-electron chi connectivity index (χ4n) is 15.0. The van der Waals surface area contributed by atoms with Crippen LogP contribution in [-0.2, 0) is 37.9 Å². The van der Waals surface area contributed by atoms with Gasteiger partial charge in [0, 0.05) is 39.5 Å². The molecule has 67 heavy (non-hydrogen) atoms. The zero-order valence-electron chi connectivity index (χ0n) is 43.7. The van der Waals surface area contributed by atoms with Crippen molar-refractivity contribution in [3.63, 3.8) is 0 Å². The van der Waals surface area contributed by atoms with Gasteiger partial charge >= 0.3 is 0 Å². The second-order valence-electron chi connectivity index (χ2n) is 26.8. The van der Waals surface area contributed by atoms with Gasteiger partial charge < -0.3 is 9.80 Å². The number of hydrogen-bond acceptors (Lipinski definition) is 2. The monoisotopic (exact) mass is 881 g/mol. The fourth-order valence-corrected chi connectivity index (χ4v) is 15.0. The summed E-state index contributed by atoms with van der Waals surface area (Å²) < 4.78 is 0. The minimum Gasteiger partial charge on any atom is -0.311 e. The molecular formula is C64H73BN2. The van der Waals surface area contributed by atoms with Crippen LogP contribution in [0, 0.1) is 13.8 Å². The second-order valence-corrected chi connectivity index (χ2v) is 26.8. The lowest BCUT2D eigenvalue weighted by atomic mass is 9.32. The molecular weight excluding hydrogens is 808 g/mol. The summed E-state index contributed by atoms with van der Waals surface area (Å²) in [6.45, 7) is 39.5. The van der Waals surface area contributed by atoms with Crippen LogP contribution in [0.25, 0.3) is 11.1 Å². The lowest BCUT2D eigenvalue weighted by Crippen LogP contribution is -2.62. The average molecular weight is 881 g/mol. The fraction of sp³-hybridized carbons (Fsp3) is 0.438. The Labute approximate surface area is 403 Å². The molecule has 2 heterocycles. The Morgan fingerprint density at radius 3 is 1.42 bits per heavy atom. The average Bonchev–Trinajstić information content (AvgIpc) is 3.59. The van der Waals surface area contributed by atoms with Gasteiger partial charge in [-0.3, -0.25) is 0 Å². The van der Waals surface area contributed by atoms with Crippen molar-refractivity contribution in [2.45, 2.75) is 181 Å². The third-order valence-electron chi connectivity index (χ3n) is 18.9. The Morgan fingerprint density at radius 1 is 0.388 bits per heavy atom. The summed E-state index contributed by atoms with van der Waals surface area (Å²) in [5.74, 6) is 0. The first kappa shape index (κ1) is 43.3. The molecule has 0 unspecified atom stereocenters. The molecule has 0 fully saturated rings. The van der Waals surface area contributed by atoms with Gasteiger partial charge in [0.15, 0.2) is 0 Å². The van der Waals surface area contributed by atoms with Crippen molar-refractivity contribution in [2.75, 3.05) is 9.80 Å². The largest absolute Gasteiger partial charge is 0.311 e. The van der Waals surface area contributed by atoms with Crippen molar-refractivity contribution in [2.24, 2.45) is 0 Å². The molecule has 2 nitrogen and oxygen atoms in total. The lowest BCUT2D eigenvalue weighted by Gasteiger charge is -2.48. The molecule has 0 saturated heterocycles. The van der Waals surface area contributed by atoms with E-state index in [0.29, 0.717) is 0 Å². The minimum absolute atomic E-state index is 0.0563. The zero-order valence-corrected chi connectivity index (χ0v) is 43.7. The molecule has 3 heteroatoms. The molecule has 4 aliphatic carbocycles. The van der Waals surface area contributed by atoms with E-state index < -0.39 is 0 Å². The van der Waals surface area contributed by atoms with Crippen LogP contribution in [-0.4, -0.2) is 6.71 Å². The van der Waals surface area contributed by atoms with E-state index in [2.05, 4.69) is 212 Å². The molecule has 0 amide bonds. The molecule has 342 valence electrons. The standard InChI is InChI=1S/C64H73BN2/c1-37-27-55-57-56(28-37)67(52-33-47-44(29-38(52)2)58(3,4)23-25-60(47,7)8)54-34-48-45(59(5,6)24-26-61(48,9)10)31-51(54)65(57)50-32-46-49(63(13,14)36-62(46,11)12)35-53(50)66(55)39-21-22-43-41(30-39)40-19-17-18-20-42(40)64(43,15)16/h17-22,27-35H,23-26,36H2,1-16H3. The maximum atomic E-state index is 2.76. The normalized spacial score (nSPS) is 21.6. The first-order valence-corrected chi connectivity index (χ1v) is 25.8. The van der Waals surface area contributed by atoms with Crippen LogP contribution >= 0.6 is 0 Å². The van der Waals surface area contributed by atoms with Gasteiger partial charge in [-0.25, -0.2) is 0 Å². The van der Waals surface area contributed by atoms with Crippen molar-refractivity contribution >= 4 is 57.2 Å². The number of hydrogen-bond donors (Lipinski definition) is 0. The summed E-state index contributed by atoms with van der Waals surface area (Å²) in [6.07, 6.45) is 5.91. The molecule has 0 bridgehead atoms. The molecule has 2 aliphatic heterocycles. The van der Waals surface area contributed by atoms with E-state index in [-0.39, 0.29) is 44.6 Å². The number of nitrogens with zero attached hydrogens (tertiary/aromatic N) is 2. The Bertz CT molecular complexity index is 3180. The van der Waals surface area contributed by atoms with Gasteiger partial charge in [-0.15, -0.1) is 0 Å². The quantitative estimate of drug-likeness (QED) is 0.160. The first-order chi connectivity index (χ1) is 31.2. The maximum Gasteiger partial charge on any atom is 0.252 e. The predicted molar refractivity (Wildman–Crippen MR) is 289 cm³/mol. The lowest BCUT2D eigenvalue weighted by molar-refractivity contribution is 0.331. The highest BCUT2D eigenvalue weighted by Gasteiger charge is 2.50. The summed E-state index contributed by atoms with van der Waals surface area (Å²) in [5, 5.41) is 0. The van der Waals surface area contributed by atoms with E-state index in [1.165, 1.54) is 143 Å². The number of anilines is 6. The van der Waals surface area contributed by atoms with E-state index in [1.807, 2.05) is 0 Å². The van der Waals surface area contributed by atoms with Gasteiger partial charge in [0.25, 0.3) is 6.71 Å². The molecule has 6 aromatic carbocycles. The number of aryl methyl sites for hydroxylation is 2. The van der Waals surface area contributed by atoms with Gasteiger partial charge in [0.2, 0.25) is 0 Å². The molecule has 6 aliphatic rings. The van der Waals surface area contributed by atoms with Crippen molar-refractivity contribution in [1.82, 2.24) is 0 Å². The Hall–Kier alpha value is -5.02. The third-order valence-corrected chi connectivity index (χ3v) is 18.9. The number of benzene rings is 6. The van der Waals surface area contributed by atoms with Crippen LogP contribution in [0.2, 0.25) is 0 Å². The molecule has 0 atom stereocenters. The Balaban J connectivity index is 1.21. The molecule has 12 rings (SSSR count). The van der Waals surface area contributed by atoms with Crippen LogP contribution in [0.15, 0.2) is 91.0 Å². The highest BCUT2D eigenvalue weighted by atomic mass is 15.2. The van der Waals surface area contributed by atoms with Crippen molar-refractivity contribution < 1.29 is 0 Å². The van der Waals surface area contributed by atoms with Gasteiger partial charge in [-0.1, -0.05) is 145 Å². The van der Waals surface area contributed by atoms with Crippen LogP contribution in [0.5, 0.6) is 0 Å². The van der Waals surface area contributed by atoms with E-state index in [0.717, 1.165) is 6.42 Å². The molecule has 0 aromatic heterocycles. The highest BCUT2D eigenvalue weighted by molar-refractivity contribution is 7.00. The number of rotatable bonds is 2. The van der Waals surface area contributed by atoms with Gasteiger partial charge in [-0.05, 0) is 204 Å². The molecule has 6 aromatic rings. The van der Waals surface area contributed by atoms with Crippen LogP contribution in [0.3, 0.4) is 0 Å². The van der Waals surface area contributed by atoms with E-state index in [9.17, 15) is 0 Å². The summed E-state index contributed by atoms with van der Waals surface area (Å²) in [4.78, 5) is 5.46. The summed E-state index contributed by atoms with van der Waals surface area (Å²) >= 11 is 0. The van der Waals surface area contributed by atoms with Crippen LogP contribution < -0.4 is 26.2 Å². The van der Waals surface area contributed by atoms with Crippen molar-refractivity contribution in [1.29, 1.82) is 0 Å². The van der Waals surface area contributed by atoms with E-state index in [4.69, 9.17) is 0 Å². The Kier molecular flexibility index (Phi) is 8.52. The molecule has 0 spiro atoms. The predicted octanol–water partition coefficient (Wildman–Crippen LogP) is 15.3. The highest BCUT2D eigenvalue weighted by Crippen LogP contribution is 2.57. The van der Waals surface area contributed by atoms with Gasteiger partial charge in [0.1, 0.15) is 0 Å². The van der Waals surface area contributed by atoms with Crippen LogP contribution in [0.1, 0.15) is 185 Å². The number of fused-ring (bicyclic) bond motifs is 10. The van der Waals surface area contributed by atoms with Gasteiger partial charge in [-0.2, -0.15) is 0 Å². The minimum atomic E-state index is -0.0590. The second kappa shape index (κ2) is 13.2. The molecule has 0 saturated carbocycles. The van der Waals surface area contributed by atoms with Gasteiger partial charge in [0.05, 0.1) is 0 Å². The molecule has 0 N–H and O–H groups in total. The SMILES string of the molecule is Cc1cc2c3c(c1)N(c1cc4c(cc1C)C(C)(C)CCC4(C)C)c1cc4c(cc1B3c1cc3c(cc1N2c1ccc2c(c1)-c1ccccc1C2(C)C)C(C)(C)CC3(C)C)C(C)(C)CCC4(C)C. The van der Waals surface area contributed by atoms with E-state index in [1.54, 1.807) is 0 Å². The summed E-state index contributed by atoms with van der Waals surface area (Å²) in [5.41, 5.74) is 30.0. The topological polar surface area (TPSA) is 6.48 Å². The third kappa shape index (κ3) is 5.82. The van der Waals surface area contributed by atoms with E-state index >= 15 is 0 Å². The van der Waals surface area contributed by atoms with Crippen molar-refractivity contribution in [3.05, 3.63) is 147 Å². The summed E-state index contributed by atoms with van der Waals surface area (Å²) in [7, 11) is 0.